The molecule has 0 bridgehead atoms. The Morgan fingerprint density at radius 3 is 2.75 bits per heavy atom. The first-order chi connectivity index (χ1) is 13.7. The average molecular weight is 383 g/mol. The van der Waals surface area contributed by atoms with Crippen molar-refractivity contribution in [1.82, 2.24) is 24.6 Å². The first-order valence-electron chi connectivity index (χ1n) is 10.2. The van der Waals surface area contributed by atoms with Crippen molar-refractivity contribution in [3.05, 3.63) is 47.0 Å². The Hall–Kier alpha value is -2.25. The van der Waals surface area contributed by atoms with E-state index in [9.17, 15) is 4.79 Å². The Labute approximate surface area is 166 Å². The van der Waals surface area contributed by atoms with Crippen LogP contribution in [-0.2, 0) is 24.4 Å². The molecular weight excluding hydrogens is 354 g/mol. The van der Waals surface area contributed by atoms with Crippen molar-refractivity contribution < 1.29 is 9.53 Å². The van der Waals surface area contributed by atoms with E-state index in [1.807, 2.05) is 36.1 Å². The highest BCUT2D eigenvalue weighted by atomic mass is 16.5. The smallest absolute Gasteiger partial charge is 0.254 e. The predicted octanol–water partition coefficient (Wildman–Crippen LogP) is 2.28. The van der Waals surface area contributed by atoms with E-state index in [1.54, 1.807) is 0 Å². The standard InChI is InChI=1S/C21H29N5O2/c1-3-28-15-16-6-8-17(9-7-16)21(27)25-11-12-26-19(14-25)22-23-20(26)18-5-4-10-24(2)13-18/h6-9,18H,3-5,10-15H2,1-2H3/t18-/m0/s1. The lowest BCUT2D eigenvalue weighted by atomic mass is 9.97. The van der Waals surface area contributed by atoms with Gasteiger partial charge in [-0.25, -0.2) is 0 Å². The number of amides is 1. The molecule has 2 aliphatic heterocycles. The van der Waals surface area contributed by atoms with Crippen LogP contribution in [0.25, 0.3) is 0 Å². The SMILES string of the molecule is CCOCc1ccc(C(=O)N2CCn3c(nnc3[C@H]3CCCN(C)C3)C2)cc1. The Balaban J connectivity index is 1.43. The minimum Gasteiger partial charge on any atom is -0.377 e. The Bertz CT molecular complexity index is 817. The number of carbonyl (C=O) groups is 1. The van der Waals surface area contributed by atoms with Crippen molar-refractivity contribution in [2.24, 2.45) is 0 Å². The fourth-order valence-corrected chi connectivity index (χ4v) is 4.18. The van der Waals surface area contributed by atoms with Gasteiger partial charge in [-0.2, -0.15) is 0 Å². The van der Waals surface area contributed by atoms with Crippen molar-refractivity contribution in [2.45, 2.75) is 45.4 Å². The number of hydrogen-bond acceptors (Lipinski definition) is 5. The third-order valence-corrected chi connectivity index (χ3v) is 5.73. The second-order valence-electron chi connectivity index (χ2n) is 7.79. The summed E-state index contributed by atoms with van der Waals surface area (Å²) in [5.41, 5.74) is 1.79. The van der Waals surface area contributed by atoms with Crippen LogP contribution >= 0.6 is 0 Å². The normalized spacial score (nSPS) is 20.2. The van der Waals surface area contributed by atoms with E-state index in [4.69, 9.17) is 4.74 Å². The summed E-state index contributed by atoms with van der Waals surface area (Å²) in [6, 6.07) is 7.71. The van der Waals surface area contributed by atoms with Gasteiger partial charge in [0.2, 0.25) is 0 Å². The first kappa shape index (κ1) is 19.1. The molecule has 1 fully saturated rings. The largest absolute Gasteiger partial charge is 0.377 e. The molecule has 0 unspecified atom stereocenters. The van der Waals surface area contributed by atoms with Crippen LogP contribution < -0.4 is 0 Å². The summed E-state index contributed by atoms with van der Waals surface area (Å²) in [5, 5.41) is 8.91. The van der Waals surface area contributed by atoms with Crippen LogP contribution in [0.15, 0.2) is 24.3 Å². The van der Waals surface area contributed by atoms with Crippen LogP contribution in [0.1, 0.15) is 53.3 Å². The van der Waals surface area contributed by atoms with Gasteiger partial charge in [-0.1, -0.05) is 12.1 Å². The number of hydrogen-bond donors (Lipinski definition) is 0. The van der Waals surface area contributed by atoms with Crippen molar-refractivity contribution in [3.63, 3.8) is 0 Å². The van der Waals surface area contributed by atoms with Gasteiger partial charge < -0.3 is 19.1 Å². The van der Waals surface area contributed by atoms with E-state index in [2.05, 4.69) is 26.7 Å². The molecule has 1 aromatic carbocycles. The van der Waals surface area contributed by atoms with Gasteiger partial charge in [0.05, 0.1) is 13.2 Å². The third kappa shape index (κ3) is 3.95. The van der Waals surface area contributed by atoms with E-state index < -0.39 is 0 Å². The zero-order chi connectivity index (χ0) is 19.5. The monoisotopic (exact) mass is 383 g/mol. The fourth-order valence-electron chi connectivity index (χ4n) is 4.18. The molecule has 7 heteroatoms. The van der Waals surface area contributed by atoms with Gasteiger partial charge in [-0.05, 0) is 51.1 Å². The molecule has 7 nitrogen and oxygen atoms in total. The molecule has 1 atom stereocenters. The van der Waals surface area contributed by atoms with Gasteiger partial charge in [0, 0.05) is 37.7 Å². The molecule has 4 rings (SSSR count). The number of rotatable bonds is 5. The lowest BCUT2D eigenvalue weighted by Crippen LogP contribution is -2.39. The van der Waals surface area contributed by atoms with E-state index >= 15 is 0 Å². The quantitative estimate of drug-likeness (QED) is 0.793. The summed E-state index contributed by atoms with van der Waals surface area (Å²) in [6.07, 6.45) is 2.37. The number of likely N-dealkylation sites (tertiary alicyclic amines) is 1. The van der Waals surface area contributed by atoms with Crippen LogP contribution in [0.3, 0.4) is 0 Å². The number of piperidine rings is 1. The fraction of sp³-hybridized carbons (Fsp3) is 0.571. The highest BCUT2D eigenvalue weighted by molar-refractivity contribution is 5.94. The second kappa shape index (κ2) is 8.41. The lowest BCUT2D eigenvalue weighted by Gasteiger charge is -2.32. The molecule has 150 valence electrons. The molecule has 28 heavy (non-hydrogen) atoms. The molecule has 2 aromatic rings. The van der Waals surface area contributed by atoms with Crippen LogP contribution in [-0.4, -0.2) is 63.8 Å². The number of benzene rings is 1. The molecule has 3 heterocycles. The molecule has 0 saturated carbocycles. The molecule has 0 N–H and O–H groups in total. The van der Waals surface area contributed by atoms with E-state index in [0.29, 0.717) is 37.8 Å². The summed E-state index contributed by atoms with van der Waals surface area (Å²) in [4.78, 5) is 17.2. The van der Waals surface area contributed by atoms with Crippen molar-refractivity contribution in [2.75, 3.05) is 33.3 Å². The van der Waals surface area contributed by atoms with Gasteiger partial charge in [0.15, 0.2) is 5.82 Å². The van der Waals surface area contributed by atoms with E-state index in [-0.39, 0.29) is 5.91 Å². The molecule has 1 saturated heterocycles. The minimum atomic E-state index is 0.0520. The number of ether oxygens (including phenoxy) is 1. The summed E-state index contributed by atoms with van der Waals surface area (Å²) in [7, 11) is 2.17. The van der Waals surface area contributed by atoms with Gasteiger partial charge in [-0.15, -0.1) is 10.2 Å². The summed E-state index contributed by atoms with van der Waals surface area (Å²) >= 11 is 0. The van der Waals surface area contributed by atoms with Crippen molar-refractivity contribution >= 4 is 5.91 Å². The van der Waals surface area contributed by atoms with Crippen LogP contribution in [0, 0.1) is 0 Å². The number of carbonyl (C=O) groups excluding carboxylic acids is 1. The molecule has 1 aromatic heterocycles. The zero-order valence-electron chi connectivity index (χ0n) is 16.8. The van der Waals surface area contributed by atoms with E-state index in [0.717, 1.165) is 36.8 Å². The summed E-state index contributed by atoms with van der Waals surface area (Å²) in [6.45, 7) is 7.43. The molecule has 2 aliphatic rings. The maximum absolute atomic E-state index is 12.9. The maximum Gasteiger partial charge on any atom is 0.254 e. The number of fused-ring (bicyclic) bond motifs is 1. The Morgan fingerprint density at radius 1 is 1.18 bits per heavy atom. The second-order valence-corrected chi connectivity index (χ2v) is 7.79. The highest BCUT2D eigenvalue weighted by Gasteiger charge is 2.29. The maximum atomic E-state index is 12.9. The topological polar surface area (TPSA) is 63.5 Å². The van der Waals surface area contributed by atoms with Gasteiger partial charge >= 0.3 is 0 Å². The third-order valence-electron chi connectivity index (χ3n) is 5.73. The number of nitrogens with zero attached hydrogens (tertiary/aromatic N) is 5. The highest BCUT2D eigenvalue weighted by Crippen LogP contribution is 2.27. The van der Waals surface area contributed by atoms with Crippen LogP contribution in [0.4, 0.5) is 0 Å². The minimum absolute atomic E-state index is 0.0520. The molecule has 0 aliphatic carbocycles. The number of aromatic nitrogens is 3. The average Bonchev–Trinajstić information content (AvgIpc) is 3.15. The molecule has 0 radical (unpaired) electrons. The molecule has 1 amide bonds. The lowest BCUT2D eigenvalue weighted by molar-refractivity contribution is 0.0705. The van der Waals surface area contributed by atoms with Gasteiger partial charge in [0.1, 0.15) is 5.82 Å². The number of likely N-dealkylation sites (N-methyl/N-ethyl adjacent to an activating group) is 1. The molecule has 0 spiro atoms. The first-order valence-corrected chi connectivity index (χ1v) is 10.2. The predicted molar refractivity (Wildman–Crippen MR) is 106 cm³/mol. The van der Waals surface area contributed by atoms with E-state index in [1.165, 1.54) is 12.8 Å². The Kier molecular flexibility index (Phi) is 5.73. The van der Waals surface area contributed by atoms with Crippen molar-refractivity contribution in [3.8, 4) is 0 Å². The Morgan fingerprint density at radius 2 is 2.00 bits per heavy atom. The summed E-state index contributed by atoms with van der Waals surface area (Å²) < 4.78 is 7.65. The van der Waals surface area contributed by atoms with Gasteiger partial charge in [-0.3, -0.25) is 4.79 Å². The van der Waals surface area contributed by atoms with Gasteiger partial charge in [0.25, 0.3) is 5.91 Å². The van der Waals surface area contributed by atoms with Crippen LogP contribution in [0.5, 0.6) is 0 Å². The van der Waals surface area contributed by atoms with Crippen LogP contribution in [0.2, 0.25) is 0 Å². The molecular formula is C21H29N5O2. The van der Waals surface area contributed by atoms with Crippen molar-refractivity contribution in [1.29, 1.82) is 0 Å². The zero-order valence-corrected chi connectivity index (χ0v) is 16.8. The summed E-state index contributed by atoms with van der Waals surface area (Å²) in [5.74, 6) is 2.49.